The first kappa shape index (κ1) is 15.9. The van der Waals surface area contributed by atoms with Crippen LogP contribution in [0.4, 0.5) is 0 Å². The van der Waals surface area contributed by atoms with Gasteiger partial charge in [0.2, 0.25) is 11.8 Å². The second-order valence-corrected chi connectivity index (χ2v) is 7.52. The molecule has 3 fully saturated rings. The zero-order chi connectivity index (χ0) is 16.4. The monoisotopic (exact) mass is 330 g/mol. The standard InChI is InChI=1S/C19H26N2O3/c22-18(16-4-3-5-16)21-13-19(14-21)12-15(8-11-24-19)7-10-23-17-6-1-2-9-20-17/h1-2,6,9,15-16H,3-5,7-8,10-14H2/t15-/m0/s1. The van der Waals surface area contributed by atoms with Crippen LogP contribution in [0, 0.1) is 11.8 Å². The van der Waals surface area contributed by atoms with Gasteiger partial charge in [0.15, 0.2) is 0 Å². The van der Waals surface area contributed by atoms with Gasteiger partial charge in [-0.1, -0.05) is 12.5 Å². The van der Waals surface area contributed by atoms with E-state index in [1.54, 1.807) is 6.20 Å². The van der Waals surface area contributed by atoms with Gasteiger partial charge in [-0.3, -0.25) is 4.79 Å². The summed E-state index contributed by atoms with van der Waals surface area (Å²) < 4.78 is 11.8. The molecule has 1 spiro atoms. The van der Waals surface area contributed by atoms with Crippen LogP contribution in [0.15, 0.2) is 24.4 Å². The summed E-state index contributed by atoms with van der Waals surface area (Å²) in [5, 5.41) is 0. The first-order valence-corrected chi connectivity index (χ1v) is 9.21. The number of carbonyl (C=O) groups excluding carboxylic acids is 1. The maximum Gasteiger partial charge on any atom is 0.225 e. The number of pyridine rings is 1. The number of rotatable bonds is 5. The van der Waals surface area contributed by atoms with Crippen LogP contribution in [0.3, 0.4) is 0 Å². The van der Waals surface area contributed by atoms with E-state index in [0.29, 0.717) is 30.2 Å². The molecule has 5 heteroatoms. The molecule has 3 aliphatic rings. The number of likely N-dealkylation sites (tertiary alicyclic amines) is 1. The Bertz CT molecular complexity index is 567. The number of amides is 1. The smallest absolute Gasteiger partial charge is 0.225 e. The molecule has 2 saturated heterocycles. The topological polar surface area (TPSA) is 51.7 Å². The molecule has 1 aromatic heterocycles. The van der Waals surface area contributed by atoms with Crippen LogP contribution in [0.25, 0.3) is 0 Å². The first-order chi connectivity index (χ1) is 11.7. The van der Waals surface area contributed by atoms with Crippen molar-refractivity contribution in [3.63, 3.8) is 0 Å². The molecule has 1 aliphatic carbocycles. The van der Waals surface area contributed by atoms with Crippen molar-refractivity contribution in [2.24, 2.45) is 11.8 Å². The average molecular weight is 330 g/mol. The molecule has 2 aliphatic heterocycles. The first-order valence-electron chi connectivity index (χ1n) is 9.21. The summed E-state index contributed by atoms with van der Waals surface area (Å²) in [5.74, 6) is 1.97. The largest absolute Gasteiger partial charge is 0.478 e. The molecule has 0 N–H and O–H groups in total. The van der Waals surface area contributed by atoms with E-state index in [1.165, 1.54) is 6.42 Å². The molecule has 1 atom stereocenters. The van der Waals surface area contributed by atoms with Crippen molar-refractivity contribution in [3.8, 4) is 5.88 Å². The normalized spacial score (nSPS) is 25.8. The van der Waals surface area contributed by atoms with Gasteiger partial charge in [-0.05, 0) is 44.1 Å². The summed E-state index contributed by atoms with van der Waals surface area (Å²) in [6.45, 7) is 3.09. The Morgan fingerprint density at radius 2 is 2.21 bits per heavy atom. The molecular formula is C19H26N2O3. The molecule has 1 amide bonds. The van der Waals surface area contributed by atoms with Gasteiger partial charge in [0.05, 0.1) is 19.7 Å². The molecule has 130 valence electrons. The molecular weight excluding hydrogens is 304 g/mol. The van der Waals surface area contributed by atoms with Crippen LogP contribution in [-0.2, 0) is 9.53 Å². The van der Waals surface area contributed by atoms with E-state index in [-0.39, 0.29) is 5.60 Å². The zero-order valence-electron chi connectivity index (χ0n) is 14.2. The van der Waals surface area contributed by atoms with E-state index in [1.807, 2.05) is 23.1 Å². The van der Waals surface area contributed by atoms with Crippen molar-refractivity contribution in [1.82, 2.24) is 9.88 Å². The lowest BCUT2D eigenvalue weighted by Gasteiger charge is -2.54. The minimum atomic E-state index is -0.0761. The molecule has 1 aromatic rings. The van der Waals surface area contributed by atoms with Crippen LogP contribution in [0.5, 0.6) is 5.88 Å². The van der Waals surface area contributed by atoms with Crippen molar-refractivity contribution in [2.75, 3.05) is 26.3 Å². The highest BCUT2D eigenvalue weighted by molar-refractivity contribution is 5.80. The van der Waals surface area contributed by atoms with Gasteiger partial charge in [0, 0.05) is 24.8 Å². The fraction of sp³-hybridized carbons (Fsp3) is 0.684. The Kier molecular flexibility index (Phi) is 4.44. The third kappa shape index (κ3) is 3.27. The number of carbonyl (C=O) groups is 1. The molecule has 1 saturated carbocycles. The number of nitrogens with zero attached hydrogens (tertiary/aromatic N) is 2. The molecule has 24 heavy (non-hydrogen) atoms. The Hall–Kier alpha value is -1.62. The Balaban J connectivity index is 1.22. The summed E-state index contributed by atoms with van der Waals surface area (Å²) in [5.41, 5.74) is -0.0761. The van der Waals surface area contributed by atoms with E-state index >= 15 is 0 Å². The SMILES string of the molecule is O=C(C1CCC1)N1CC2(C[C@@H](CCOc3ccccn3)CCO2)C1. The van der Waals surface area contributed by atoms with E-state index < -0.39 is 0 Å². The van der Waals surface area contributed by atoms with Crippen LogP contribution >= 0.6 is 0 Å². The fourth-order valence-corrected chi connectivity index (χ4v) is 4.08. The number of ether oxygens (including phenoxy) is 2. The average Bonchev–Trinajstić information content (AvgIpc) is 2.52. The predicted molar refractivity (Wildman–Crippen MR) is 89.7 cm³/mol. The Labute approximate surface area is 143 Å². The van der Waals surface area contributed by atoms with Gasteiger partial charge in [-0.15, -0.1) is 0 Å². The molecule has 5 nitrogen and oxygen atoms in total. The van der Waals surface area contributed by atoms with Crippen LogP contribution in [0.2, 0.25) is 0 Å². The van der Waals surface area contributed by atoms with Crippen LogP contribution < -0.4 is 4.74 Å². The van der Waals surface area contributed by atoms with Crippen LogP contribution in [-0.4, -0.2) is 47.7 Å². The Morgan fingerprint density at radius 1 is 1.33 bits per heavy atom. The second-order valence-electron chi connectivity index (χ2n) is 7.52. The lowest BCUT2D eigenvalue weighted by atomic mass is 9.77. The van der Waals surface area contributed by atoms with E-state index in [0.717, 1.165) is 51.8 Å². The molecule has 0 unspecified atom stereocenters. The van der Waals surface area contributed by atoms with Gasteiger partial charge in [0.1, 0.15) is 5.60 Å². The van der Waals surface area contributed by atoms with Gasteiger partial charge in [-0.2, -0.15) is 0 Å². The summed E-state index contributed by atoms with van der Waals surface area (Å²) in [4.78, 5) is 18.5. The number of aromatic nitrogens is 1. The third-order valence-electron chi connectivity index (χ3n) is 5.73. The van der Waals surface area contributed by atoms with Crippen molar-refractivity contribution < 1.29 is 14.3 Å². The van der Waals surface area contributed by atoms with Crippen LogP contribution in [0.1, 0.15) is 38.5 Å². The number of hydrogen-bond acceptors (Lipinski definition) is 4. The van der Waals surface area contributed by atoms with Crippen molar-refractivity contribution in [1.29, 1.82) is 0 Å². The summed E-state index contributed by atoms with van der Waals surface area (Å²) in [7, 11) is 0. The third-order valence-corrected chi connectivity index (χ3v) is 5.73. The lowest BCUT2D eigenvalue weighted by molar-refractivity contribution is -0.193. The second kappa shape index (κ2) is 6.71. The van der Waals surface area contributed by atoms with E-state index in [9.17, 15) is 4.79 Å². The molecule has 0 bridgehead atoms. The number of hydrogen-bond donors (Lipinski definition) is 0. The quantitative estimate of drug-likeness (QED) is 0.833. The van der Waals surface area contributed by atoms with Gasteiger partial charge < -0.3 is 14.4 Å². The van der Waals surface area contributed by atoms with Gasteiger partial charge in [-0.25, -0.2) is 4.98 Å². The highest BCUT2D eigenvalue weighted by Gasteiger charge is 2.50. The predicted octanol–water partition coefficient (Wildman–Crippen LogP) is 2.66. The minimum absolute atomic E-state index is 0.0761. The fourth-order valence-electron chi connectivity index (χ4n) is 4.08. The van der Waals surface area contributed by atoms with E-state index in [4.69, 9.17) is 9.47 Å². The zero-order valence-corrected chi connectivity index (χ0v) is 14.2. The van der Waals surface area contributed by atoms with Crippen molar-refractivity contribution >= 4 is 5.91 Å². The maximum atomic E-state index is 12.3. The van der Waals surface area contributed by atoms with Gasteiger partial charge in [0.25, 0.3) is 0 Å². The highest BCUT2D eigenvalue weighted by atomic mass is 16.5. The molecule has 0 aromatic carbocycles. The summed E-state index contributed by atoms with van der Waals surface area (Å²) in [6, 6.07) is 5.72. The molecule has 0 radical (unpaired) electrons. The maximum absolute atomic E-state index is 12.3. The minimum Gasteiger partial charge on any atom is -0.478 e. The Morgan fingerprint density at radius 3 is 2.92 bits per heavy atom. The lowest BCUT2D eigenvalue weighted by Crippen LogP contribution is -2.67. The van der Waals surface area contributed by atoms with Crippen molar-refractivity contribution in [2.45, 2.75) is 44.1 Å². The van der Waals surface area contributed by atoms with E-state index in [2.05, 4.69) is 4.98 Å². The highest BCUT2D eigenvalue weighted by Crippen LogP contribution is 2.40. The summed E-state index contributed by atoms with van der Waals surface area (Å²) in [6.07, 6.45) is 8.29. The van der Waals surface area contributed by atoms with Crippen molar-refractivity contribution in [3.05, 3.63) is 24.4 Å². The summed E-state index contributed by atoms with van der Waals surface area (Å²) >= 11 is 0. The molecule has 3 heterocycles. The molecule has 4 rings (SSSR count). The van der Waals surface area contributed by atoms with Gasteiger partial charge >= 0.3 is 0 Å².